The smallest absolute Gasteiger partial charge is 0.270 e. The quantitative estimate of drug-likeness (QED) is 0.837. The molecule has 1 saturated heterocycles. The van der Waals surface area contributed by atoms with Crippen LogP contribution in [0.25, 0.3) is 0 Å². The van der Waals surface area contributed by atoms with Gasteiger partial charge in [0.25, 0.3) is 11.8 Å². The summed E-state index contributed by atoms with van der Waals surface area (Å²) < 4.78 is 19.5. The van der Waals surface area contributed by atoms with Crippen molar-refractivity contribution < 1.29 is 23.8 Å². The molecule has 30 heavy (non-hydrogen) atoms. The lowest BCUT2D eigenvalue weighted by Gasteiger charge is -2.22. The summed E-state index contributed by atoms with van der Waals surface area (Å²) in [5, 5.41) is 15.9. The number of rotatable bonds is 4. The fourth-order valence-corrected chi connectivity index (χ4v) is 3.61. The Kier molecular flexibility index (Phi) is 5.76. The van der Waals surface area contributed by atoms with Crippen molar-refractivity contribution in [1.82, 2.24) is 4.90 Å². The Labute approximate surface area is 173 Å². The molecule has 4 rings (SSSR count). The lowest BCUT2D eigenvalue weighted by molar-refractivity contribution is -0.124. The van der Waals surface area contributed by atoms with Crippen LogP contribution in [0.5, 0.6) is 5.75 Å². The molecule has 1 N–H and O–H groups in total. The molecule has 2 aromatic rings. The summed E-state index contributed by atoms with van der Waals surface area (Å²) in [5.74, 6) is -1.02. The molecule has 2 amide bonds. The van der Waals surface area contributed by atoms with E-state index in [0.717, 1.165) is 0 Å². The molecule has 2 aliphatic rings. The predicted molar refractivity (Wildman–Crippen MR) is 109 cm³/mol. The number of ether oxygens (including phenoxy) is 1. The van der Waals surface area contributed by atoms with Crippen molar-refractivity contribution in [2.75, 3.05) is 18.1 Å². The average molecular weight is 411 g/mol. The molecule has 0 spiro atoms. The molecule has 1 fully saturated rings. The van der Waals surface area contributed by atoms with E-state index in [1.54, 1.807) is 41.3 Å². The highest BCUT2D eigenvalue weighted by Gasteiger charge is 2.34. The fourth-order valence-electron chi connectivity index (χ4n) is 3.61. The van der Waals surface area contributed by atoms with Gasteiger partial charge >= 0.3 is 0 Å². The molecule has 0 aromatic heterocycles. The molecule has 7 nitrogen and oxygen atoms in total. The second kappa shape index (κ2) is 8.62. The topological polar surface area (TPSA) is 82.4 Å². The zero-order valence-corrected chi connectivity index (χ0v) is 16.3. The van der Waals surface area contributed by atoms with Crippen molar-refractivity contribution in [2.24, 2.45) is 5.10 Å². The number of para-hydroxylation sites is 2. The molecular formula is C22H22FN3O4. The first-order chi connectivity index (χ1) is 14.5. The second-order valence-electron chi connectivity index (χ2n) is 7.29. The van der Waals surface area contributed by atoms with Crippen molar-refractivity contribution in [3.05, 3.63) is 60.4 Å². The molecule has 2 atom stereocenters. The third-order valence-corrected chi connectivity index (χ3v) is 5.23. The van der Waals surface area contributed by atoms with Gasteiger partial charge in [0.2, 0.25) is 0 Å². The van der Waals surface area contributed by atoms with Gasteiger partial charge in [-0.2, -0.15) is 10.1 Å². The number of hydrazone groups is 1. The Hall–Kier alpha value is -3.26. The van der Waals surface area contributed by atoms with E-state index in [9.17, 15) is 19.1 Å². The van der Waals surface area contributed by atoms with Gasteiger partial charge in [-0.05, 0) is 30.7 Å². The molecule has 0 aliphatic carbocycles. The van der Waals surface area contributed by atoms with Crippen LogP contribution < -0.4 is 9.75 Å². The Morgan fingerprint density at radius 2 is 1.77 bits per heavy atom. The number of aliphatic hydroxyl groups excluding tert-OH is 1. The fraction of sp³-hybridized carbons (Fsp3) is 0.318. The molecule has 2 aliphatic heterocycles. The first-order valence-corrected chi connectivity index (χ1v) is 9.87. The Morgan fingerprint density at radius 1 is 1.07 bits per heavy atom. The van der Waals surface area contributed by atoms with Gasteiger partial charge < -0.3 is 14.7 Å². The molecule has 8 heteroatoms. The molecule has 2 heterocycles. The lowest BCUT2D eigenvalue weighted by atomic mass is 10.1. The summed E-state index contributed by atoms with van der Waals surface area (Å²) in [4.78, 5) is 26.8. The number of aliphatic hydroxyl groups is 1. The minimum atomic E-state index is -0.838. The maximum Gasteiger partial charge on any atom is 0.270 e. The number of hydrogen-bond acceptors (Lipinski definition) is 5. The monoisotopic (exact) mass is 411 g/mol. The summed E-state index contributed by atoms with van der Waals surface area (Å²) in [7, 11) is 0. The van der Waals surface area contributed by atoms with Crippen molar-refractivity contribution in [1.29, 1.82) is 0 Å². The van der Waals surface area contributed by atoms with Crippen LogP contribution in [0.15, 0.2) is 59.7 Å². The van der Waals surface area contributed by atoms with Crippen LogP contribution >= 0.6 is 0 Å². The van der Waals surface area contributed by atoms with Crippen LogP contribution in [0.4, 0.5) is 10.1 Å². The van der Waals surface area contributed by atoms with E-state index in [1.807, 2.05) is 6.07 Å². The standard InChI is InChI=1S/C22H22FN3O4/c23-16-8-4-5-9-19(16)30-20-11-13-25(12-10-18(20)27)22(29)17-14-21(28)26(24-17)15-6-2-1-3-7-15/h1-9,18,20,27H,10-14H2/t18-,20-/m0/s1. The number of amides is 2. The van der Waals surface area contributed by atoms with Gasteiger partial charge in [-0.15, -0.1) is 0 Å². The van der Waals surface area contributed by atoms with E-state index < -0.39 is 18.0 Å². The number of likely N-dealkylation sites (tertiary alicyclic amines) is 1. The van der Waals surface area contributed by atoms with Gasteiger partial charge in [-0.3, -0.25) is 9.59 Å². The van der Waals surface area contributed by atoms with Crippen molar-refractivity contribution in [3.63, 3.8) is 0 Å². The van der Waals surface area contributed by atoms with E-state index >= 15 is 0 Å². The number of hydrogen-bond donors (Lipinski definition) is 1. The van der Waals surface area contributed by atoms with Gasteiger partial charge in [0, 0.05) is 19.5 Å². The number of anilines is 1. The largest absolute Gasteiger partial charge is 0.485 e. The van der Waals surface area contributed by atoms with E-state index in [2.05, 4.69) is 5.10 Å². The minimum absolute atomic E-state index is 0.0675. The van der Waals surface area contributed by atoms with Gasteiger partial charge in [-0.1, -0.05) is 30.3 Å². The molecule has 0 bridgehead atoms. The highest BCUT2D eigenvalue weighted by Crippen LogP contribution is 2.24. The first-order valence-electron chi connectivity index (χ1n) is 9.87. The van der Waals surface area contributed by atoms with Gasteiger partial charge in [0.05, 0.1) is 18.2 Å². The maximum absolute atomic E-state index is 13.9. The number of carbonyl (C=O) groups excluding carboxylic acids is 2. The van der Waals surface area contributed by atoms with Gasteiger partial charge in [-0.25, -0.2) is 4.39 Å². The zero-order valence-electron chi connectivity index (χ0n) is 16.3. The third-order valence-electron chi connectivity index (χ3n) is 5.23. The number of halogens is 1. The van der Waals surface area contributed by atoms with Crippen molar-refractivity contribution >= 4 is 23.2 Å². The van der Waals surface area contributed by atoms with Gasteiger partial charge in [0.1, 0.15) is 11.8 Å². The normalized spacial score (nSPS) is 21.9. The van der Waals surface area contributed by atoms with E-state index in [4.69, 9.17) is 4.74 Å². The van der Waals surface area contributed by atoms with Crippen LogP contribution in [0, 0.1) is 5.82 Å². The predicted octanol–water partition coefficient (Wildman–Crippen LogP) is 2.35. The SMILES string of the molecule is O=C(C1=NN(c2ccccc2)C(=O)C1)N1CC[C@H](Oc2ccccc2F)[C@@H](O)CC1. The van der Waals surface area contributed by atoms with Crippen LogP contribution in [0.1, 0.15) is 19.3 Å². The lowest BCUT2D eigenvalue weighted by Crippen LogP contribution is -2.37. The van der Waals surface area contributed by atoms with Crippen molar-refractivity contribution in [2.45, 2.75) is 31.5 Å². The van der Waals surface area contributed by atoms with E-state index in [-0.39, 0.29) is 36.1 Å². The molecule has 0 unspecified atom stereocenters. The van der Waals surface area contributed by atoms with E-state index in [0.29, 0.717) is 25.2 Å². The van der Waals surface area contributed by atoms with Crippen LogP contribution in [0.3, 0.4) is 0 Å². The Morgan fingerprint density at radius 3 is 2.53 bits per heavy atom. The summed E-state index contributed by atoms with van der Waals surface area (Å²) in [6, 6.07) is 15.0. The zero-order chi connectivity index (χ0) is 21.1. The number of nitrogens with zero attached hydrogens (tertiary/aromatic N) is 3. The summed E-state index contributed by atoms with van der Waals surface area (Å²) in [6.07, 6.45) is -0.913. The molecule has 2 aromatic carbocycles. The van der Waals surface area contributed by atoms with Crippen LogP contribution in [0.2, 0.25) is 0 Å². The Bertz CT molecular complexity index is 966. The Balaban J connectivity index is 1.43. The highest BCUT2D eigenvalue weighted by atomic mass is 19.1. The highest BCUT2D eigenvalue weighted by molar-refractivity contribution is 6.44. The van der Waals surface area contributed by atoms with E-state index in [1.165, 1.54) is 17.1 Å². The van der Waals surface area contributed by atoms with Crippen LogP contribution in [-0.2, 0) is 9.59 Å². The first kappa shape index (κ1) is 20.0. The van der Waals surface area contributed by atoms with Crippen molar-refractivity contribution in [3.8, 4) is 5.75 Å². The third kappa shape index (κ3) is 4.18. The molecule has 156 valence electrons. The number of carbonyl (C=O) groups is 2. The molecule has 0 radical (unpaired) electrons. The summed E-state index contributed by atoms with van der Waals surface area (Å²) >= 11 is 0. The number of benzene rings is 2. The minimum Gasteiger partial charge on any atom is -0.485 e. The average Bonchev–Trinajstić information content (AvgIpc) is 3.06. The summed E-state index contributed by atoms with van der Waals surface area (Å²) in [6.45, 7) is 0.614. The van der Waals surface area contributed by atoms with Crippen LogP contribution in [-0.4, -0.2) is 52.8 Å². The second-order valence-corrected chi connectivity index (χ2v) is 7.29. The molecular weight excluding hydrogens is 389 g/mol. The van der Waals surface area contributed by atoms with Gasteiger partial charge in [0.15, 0.2) is 11.6 Å². The maximum atomic E-state index is 13.9. The summed E-state index contributed by atoms with van der Waals surface area (Å²) in [5.41, 5.74) is 0.779. The molecule has 0 saturated carbocycles.